The van der Waals surface area contributed by atoms with E-state index in [1.54, 1.807) is 6.20 Å². The van der Waals surface area contributed by atoms with Gasteiger partial charge < -0.3 is 5.32 Å². The monoisotopic (exact) mass is 229 g/mol. The Kier molecular flexibility index (Phi) is 3.47. The maximum absolute atomic E-state index is 4.23. The van der Waals surface area contributed by atoms with E-state index < -0.39 is 0 Å². The molecule has 1 heterocycles. The van der Waals surface area contributed by atoms with Crippen LogP contribution in [0.15, 0.2) is 42.7 Å². The van der Waals surface area contributed by atoms with Gasteiger partial charge in [0.15, 0.2) is 0 Å². The Balaban J connectivity index is 2.18. The molecule has 1 unspecified atom stereocenters. The van der Waals surface area contributed by atoms with Crippen molar-refractivity contribution in [1.29, 1.82) is 0 Å². The lowest BCUT2D eigenvalue weighted by atomic mass is 10.1. The zero-order chi connectivity index (χ0) is 12.3. The van der Waals surface area contributed by atoms with E-state index in [1.807, 2.05) is 23.0 Å². The summed E-state index contributed by atoms with van der Waals surface area (Å²) in [6, 6.07) is 10.7. The highest BCUT2D eigenvalue weighted by Crippen LogP contribution is 2.16. The van der Waals surface area contributed by atoms with Crippen molar-refractivity contribution in [2.24, 2.45) is 5.92 Å². The molecule has 90 valence electrons. The molecule has 0 aliphatic carbocycles. The number of rotatable bonds is 4. The van der Waals surface area contributed by atoms with Gasteiger partial charge >= 0.3 is 0 Å². The van der Waals surface area contributed by atoms with Crippen molar-refractivity contribution in [3.05, 3.63) is 42.7 Å². The highest BCUT2D eigenvalue weighted by molar-refractivity contribution is 5.51. The third kappa shape index (κ3) is 2.87. The van der Waals surface area contributed by atoms with Crippen LogP contribution in [-0.2, 0) is 0 Å². The van der Waals surface area contributed by atoms with Crippen molar-refractivity contribution in [2.75, 3.05) is 5.32 Å². The summed E-state index contributed by atoms with van der Waals surface area (Å²) in [7, 11) is 0. The van der Waals surface area contributed by atoms with Crippen molar-refractivity contribution >= 4 is 5.69 Å². The van der Waals surface area contributed by atoms with E-state index >= 15 is 0 Å². The van der Waals surface area contributed by atoms with Gasteiger partial charge in [-0.05, 0) is 37.1 Å². The predicted molar refractivity (Wildman–Crippen MR) is 71.5 cm³/mol. The highest BCUT2D eigenvalue weighted by atomic mass is 15.3. The Labute approximate surface area is 102 Å². The summed E-state index contributed by atoms with van der Waals surface area (Å²) in [5, 5.41) is 7.73. The van der Waals surface area contributed by atoms with Gasteiger partial charge in [0.25, 0.3) is 0 Å². The highest BCUT2D eigenvalue weighted by Gasteiger charge is 2.06. The second kappa shape index (κ2) is 5.04. The van der Waals surface area contributed by atoms with Gasteiger partial charge in [-0.2, -0.15) is 5.10 Å². The van der Waals surface area contributed by atoms with Crippen LogP contribution >= 0.6 is 0 Å². The van der Waals surface area contributed by atoms with E-state index in [1.165, 1.54) is 0 Å². The zero-order valence-corrected chi connectivity index (χ0v) is 10.6. The third-order valence-corrected chi connectivity index (χ3v) is 3.01. The SMILES string of the molecule is CC(C)C(C)Nc1cccc(-n2cccn2)c1. The molecule has 17 heavy (non-hydrogen) atoms. The molecule has 2 aromatic rings. The first-order valence-electron chi connectivity index (χ1n) is 6.03. The van der Waals surface area contributed by atoms with Crippen LogP contribution in [0.3, 0.4) is 0 Å². The fraction of sp³-hybridized carbons (Fsp3) is 0.357. The average Bonchev–Trinajstić information content (AvgIpc) is 2.82. The average molecular weight is 229 g/mol. The minimum atomic E-state index is 0.461. The summed E-state index contributed by atoms with van der Waals surface area (Å²) in [6.07, 6.45) is 3.74. The van der Waals surface area contributed by atoms with Crippen molar-refractivity contribution in [3.63, 3.8) is 0 Å². The van der Waals surface area contributed by atoms with Gasteiger partial charge in [0, 0.05) is 24.1 Å². The predicted octanol–water partition coefficient (Wildman–Crippen LogP) is 3.33. The Morgan fingerprint density at radius 2 is 2.00 bits per heavy atom. The van der Waals surface area contributed by atoms with Crippen molar-refractivity contribution in [2.45, 2.75) is 26.8 Å². The summed E-state index contributed by atoms with van der Waals surface area (Å²) >= 11 is 0. The molecule has 1 aromatic heterocycles. The third-order valence-electron chi connectivity index (χ3n) is 3.01. The van der Waals surface area contributed by atoms with Crippen molar-refractivity contribution in [1.82, 2.24) is 9.78 Å². The number of aromatic nitrogens is 2. The number of benzene rings is 1. The molecule has 0 radical (unpaired) electrons. The molecule has 1 N–H and O–H groups in total. The quantitative estimate of drug-likeness (QED) is 0.871. The van der Waals surface area contributed by atoms with Crippen LogP contribution in [0.25, 0.3) is 5.69 Å². The maximum atomic E-state index is 4.23. The van der Waals surface area contributed by atoms with Gasteiger partial charge in [-0.1, -0.05) is 19.9 Å². The molecular formula is C14H19N3. The second-order valence-corrected chi connectivity index (χ2v) is 4.68. The molecule has 0 bridgehead atoms. The molecule has 0 aliphatic rings. The topological polar surface area (TPSA) is 29.9 Å². The Hall–Kier alpha value is -1.77. The normalized spacial score (nSPS) is 12.7. The minimum absolute atomic E-state index is 0.461. The lowest BCUT2D eigenvalue weighted by Gasteiger charge is -2.19. The first kappa shape index (κ1) is 11.7. The van der Waals surface area contributed by atoms with E-state index in [0.717, 1.165) is 11.4 Å². The smallest absolute Gasteiger partial charge is 0.0666 e. The lowest BCUT2D eigenvalue weighted by molar-refractivity contribution is 0.560. The summed E-state index contributed by atoms with van der Waals surface area (Å²) in [5.74, 6) is 0.614. The maximum Gasteiger partial charge on any atom is 0.0666 e. The summed E-state index contributed by atoms with van der Waals surface area (Å²) in [4.78, 5) is 0. The second-order valence-electron chi connectivity index (χ2n) is 4.68. The standard InChI is InChI=1S/C14H19N3/c1-11(2)12(3)16-13-6-4-7-14(10-13)17-9-5-8-15-17/h4-12,16H,1-3H3. The van der Waals surface area contributed by atoms with Gasteiger partial charge in [0.1, 0.15) is 0 Å². The number of anilines is 1. The van der Waals surface area contributed by atoms with E-state index in [0.29, 0.717) is 12.0 Å². The summed E-state index contributed by atoms with van der Waals surface area (Å²) < 4.78 is 1.87. The van der Waals surface area contributed by atoms with Gasteiger partial charge in [-0.15, -0.1) is 0 Å². The van der Waals surface area contributed by atoms with Crippen LogP contribution in [0, 0.1) is 5.92 Å². The van der Waals surface area contributed by atoms with Gasteiger partial charge in [0.05, 0.1) is 5.69 Å². The fourth-order valence-corrected chi connectivity index (χ4v) is 1.59. The van der Waals surface area contributed by atoms with Gasteiger partial charge in [-0.25, -0.2) is 4.68 Å². The van der Waals surface area contributed by atoms with Crippen molar-refractivity contribution < 1.29 is 0 Å². The van der Waals surface area contributed by atoms with Crippen LogP contribution in [-0.4, -0.2) is 15.8 Å². The van der Waals surface area contributed by atoms with Crippen molar-refractivity contribution in [3.8, 4) is 5.69 Å². The van der Waals surface area contributed by atoms with Gasteiger partial charge in [-0.3, -0.25) is 0 Å². The molecule has 0 aliphatic heterocycles. The molecule has 3 nitrogen and oxygen atoms in total. The minimum Gasteiger partial charge on any atom is -0.382 e. The van der Waals surface area contributed by atoms with E-state index in [-0.39, 0.29) is 0 Å². The molecule has 2 rings (SSSR count). The first-order valence-corrected chi connectivity index (χ1v) is 6.03. The molecular weight excluding hydrogens is 210 g/mol. The molecule has 1 aromatic carbocycles. The van der Waals surface area contributed by atoms with Crippen LogP contribution < -0.4 is 5.32 Å². The molecule has 0 saturated carbocycles. The molecule has 0 saturated heterocycles. The Bertz CT molecular complexity index is 460. The lowest BCUT2D eigenvalue weighted by Crippen LogP contribution is -2.21. The molecule has 0 amide bonds. The Morgan fingerprint density at radius 3 is 2.65 bits per heavy atom. The number of hydrogen-bond acceptors (Lipinski definition) is 2. The van der Waals surface area contributed by atoms with Crippen LogP contribution in [0.1, 0.15) is 20.8 Å². The largest absolute Gasteiger partial charge is 0.382 e. The van der Waals surface area contributed by atoms with Crippen LogP contribution in [0.4, 0.5) is 5.69 Å². The van der Waals surface area contributed by atoms with E-state index in [2.05, 4.69) is 49.4 Å². The number of nitrogens with one attached hydrogen (secondary N) is 1. The number of hydrogen-bond donors (Lipinski definition) is 1. The Morgan fingerprint density at radius 1 is 1.18 bits per heavy atom. The number of nitrogens with zero attached hydrogens (tertiary/aromatic N) is 2. The van der Waals surface area contributed by atoms with Gasteiger partial charge in [0.2, 0.25) is 0 Å². The van der Waals surface area contributed by atoms with Crippen LogP contribution in [0.2, 0.25) is 0 Å². The molecule has 0 fully saturated rings. The van der Waals surface area contributed by atoms with E-state index in [9.17, 15) is 0 Å². The molecule has 1 atom stereocenters. The first-order chi connectivity index (χ1) is 8.16. The summed E-state index contributed by atoms with van der Waals surface area (Å²) in [6.45, 7) is 6.63. The summed E-state index contributed by atoms with van der Waals surface area (Å²) in [5.41, 5.74) is 2.22. The zero-order valence-electron chi connectivity index (χ0n) is 10.6. The van der Waals surface area contributed by atoms with E-state index in [4.69, 9.17) is 0 Å². The molecule has 0 spiro atoms. The fourth-order valence-electron chi connectivity index (χ4n) is 1.59. The molecule has 3 heteroatoms. The van der Waals surface area contributed by atoms with Crippen LogP contribution in [0.5, 0.6) is 0 Å².